The molecule has 0 aliphatic carbocycles. The Kier molecular flexibility index (Phi) is 5.07. The lowest BCUT2D eigenvalue weighted by molar-refractivity contribution is -0.124. The Bertz CT molecular complexity index is 785. The van der Waals surface area contributed by atoms with Crippen LogP contribution in [0.4, 0.5) is 0 Å². The topological polar surface area (TPSA) is 79.4 Å². The van der Waals surface area contributed by atoms with Gasteiger partial charge in [-0.25, -0.2) is 13.4 Å². The number of nitrogens with zero attached hydrogens (tertiary/aromatic N) is 2. The van der Waals surface area contributed by atoms with E-state index in [0.717, 1.165) is 22.0 Å². The standard InChI is InChI=1S/C13H15N3O3S4/c1-9-15-10(6-22-9)5-14-13(17)11-7-20-8-16(11)23(18,19)12-3-2-4-21-12/h2-4,6,11H,5,7-8H2,1H3,(H,14,17)/t11-/m1/s1. The molecule has 1 aliphatic rings. The second-order valence-corrected chi connectivity index (χ2v) is 10.0. The van der Waals surface area contributed by atoms with Gasteiger partial charge in [-0.15, -0.1) is 34.4 Å². The van der Waals surface area contributed by atoms with Gasteiger partial charge in [0.05, 0.1) is 23.1 Å². The normalized spacial score (nSPS) is 19.1. The van der Waals surface area contributed by atoms with E-state index in [2.05, 4.69) is 10.3 Å². The number of sulfonamides is 1. The predicted molar refractivity (Wildman–Crippen MR) is 93.2 cm³/mol. The first kappa shape index (κ1) is 16.9. The molecule has 1 fully saturated rings. The highest BCUT2D eigenvalue weighted by Crippen LogP contribution is 2.30. The van der Waals surface area contributed by atoms with Gasteiger partial charge in [-0.2, -0.15) is 4.31 Å². The smallest absolute Gasteiger partial charge is 0.254 e. The maximum absolute atomic E-state index is 12.6. The fourth-order valence-corrected chi connectivity index (χ4v) is 7.06. The van der Waals surface area contributed by atoms with Gasteiger partial charge in [0, 0.05) is 11.1 Å². The third kappa shape index (κ3) is 3.61. The van der Waals surface area contributed by atoms with Gasteiger partial charge in [0.15, 0.2) is 0 Å². The molecule has 0 spiro atoms. The quantitative estimate of drug-likeness (QED) is 0.845. The summed E-state index contributed by atoms with van der Waals surface area (Å²) < 4.78 is 26.8. The number of hydrogen-bond acceptors (Lipinski definition) is 7. The molecule has 0 unspecified atom stereocenters. The number of hydrogen-bond donors (Lipinski definition) is 1. The highest BCUT2D eigenvalue weighted by molar-refractivity contribution is 8.01. The number of thiophene rings is 1. The molecule has 1 saturated heterocycles. The Morgan fingerprint density at radius 1 is 1.48 bits per heavy atom. The molecule has 0 bridgehead atoms. The number of aromatic nitrogens is 1. The van der Waals surface area contributed by atoms with Gasteiger partial charge in [-0.05, 0) is 18.4 Å². The second-order valence-electron chi connectivity index (χ2n) is 4.92. The van der Waals surface area contributed by atoms with E-state index in [4.69, 9.17) is 0 Å². The van der Waals surface area contributed by atoms with Crippen molar-refractivity contribution in [3.63, 3.8) is 0 Å². The van der Waals surface area contributed by atoms with Gasteiger partial charge in [0.2, 0.25) is 5.91 Å². The third-order valence-corrected chi connectivity index (χ3v) is 8.54. The van der Waals surface area contributed by atoms with E-state index < -0.39 is 16.1 Å². The van der Waals surface area contributed by atoms with Crippen molar-refractivity contribution in [3.05, 3.63) is 33.6 Å². The van der Waals surface area contributed by atoms with Crippen LogP contribution in [-0.4, -0.2) is 41.3 Å². The minimum atomic E-state index is -3.61. The van der Waals surface area contributed by atoms with E-state index in [1.54, 1.807) is 17.5 Å². The Morgan fingerprint density at radius 3 is 2.96 bits per heavy atom. The molecule has 1 amide bonds. The summed E-state index contributed by atoms with van der Waals surface area (Å²) in [5.74, 6) is 0.487. The van der Waals surface area contributed by atoms with Crippen molar-refractivity contribution < 1.29 is 13.2 Å². The van der Waals surface area contributed by atoms with Crippen LogP contribution in [0.5, 0.6) is 0 Å². The molecule has 1 N–H and O–H groups in total. The fraction of sp³-hybridized carbons (Fsp3) is 0.385. The first-order valence-electron chi connectivity index (χ1n) is 6.80. The maximum atomic E-state index is 12.6. The number of aryl methyl sites for hydroxylation is 1. The van der Waals surface area contributed by atoms with E-state index in [-0.39, 0.29) is 10.1 Å². The lowest BCUT2D eigenvalue weighted by Crippen LogP contribution is -2.46. The molecule has 3 heterocycles. The number of rotatable bonds is 5. The van der Waals surface area contributed by atoms with Crippen molar-refractivity contribution >= 4 is 50.4 Å². The lowest BCUT2D eigenvalue weighted by Gasteiger charge is -2.21. The highest BCUT2D eigenvalue weighted by atomic mass is 32.2. The molecule has 2 aromatic rings. The van der Waals surface area contributed by atoms with Crippen molar-refractivity contribution in [2.45, 2.75) is 23.7 Å². The largest absolute Gasteiger partial charge is 0.349 e. The van der Waals surface area contributed by atoms with E-state index >= 15 is 0 Å². The molecule has 1 aliphatic heterocycles. The summed E-state index contributed by atoms with van der Waals surface area (Å²) >= 11 is 4.13. The van der Waals surface area contributed by atoms with Crippen molar-refractivity contribution in [1.29, 1.82) is 0 Å². The van der Waals surface area contributed by atoms with Gasteiger partial charge in [0.25, 0.3) is 10.0 Å². The molecule has 1 atom stereocenters. The summed E-state index contributed by atoms with van der Waals surface area (Å²) in [6, 6.07) is 2.59. The minimum absolute atomic E-state index is 0.271. The van der Waals surface area contributed by atoms with Gasteiger partial charge in [-0.3, -0.25) is 4.79 Å². The van der Waals surface area contributed by atoms with Crippen LogP contribution in [0.3, 0.4) is 0 Å². The average molecular weight is 390 g/mol. The van der Waals surface area contributed by atoms with Crippen LogP contribution in [0, 0.1) is 6.92 Å². The lowest BCUT2D eigenvalue weighted by atomic mass is 10.3. The molecular weight excluding hydrogens is 374 g/mol. The van der Waals surface area contributed by atoms with Crippen LogP contribution in [0.2, 0.25) is 0 Å². The molecule has 23 heavy (non-hydrogen) atoms. The van der Waals surface area contributed by atoms with E-state index in [0.29, 0.717) is 18.2 Å². The molecule has 2 aromatic heterocycles. The zero-order valence-electron chi connectivity index (χ0n) is 12.3. The van der Waals surface area contributed by atoms with Gasteiger partial charge < -0.3 is 5.32 Å². The highest BCUT2D eigenvalue weighted by Gasteiger charge is 2.40. The zero-order valence-corrected chi connectivity index (χ0v) is 15.5. The number of carbonyl (C=O) groups excluding carboxylic acids is 1. The van der Waals surface area contributed by atoms with Crippen LogP contribution < -0.4 is 5.32 Å². The van der Waals surface area contributed by atoms with Crippen molar-refractivity contribution in [1.82, 2.24) is 14.6 Å². The number of thioether (sulfide) groups is 1. The van der Waals surface area contributed by atoms with Gasteiger partial charge in [0.1, 0.15) is 10.3 Å². The fourth-order valence-electron chi connectivity index (χ4n) is 2.18. The number of amides is 1. The number of thiazole rings is 1. The molecule has 6 nitrogen and oxygen atoms in total. The molecule has 10 heteroatoms. The predicted octanol–water partition coefficient (Wildman–Crippen LogP) is 1.89. The Hall–Kier alpha value is -0.940. The van der Waals surface area contributed by atoms with Crippen molar-refractivity contribution in [2.24, 2.45) is 0 Å². The van der Waals surface area contributed by atoms with Gasteiger partial charge >= 0.3 is 0 Å². The summed E-state index contributed by atoms with van der Waals surface area (Å²) in [6.07, 6.45) is 0. The monoisotopic (exact) mass is 389 g/mol. The van der Waals surface area contributed by atoms with Crippen LogP contribution in [0.1, 0.15) is 10.7 Å². The number of nitrogens with one attached hydrogen (secondary N) is 1. The zero-order chi connectivity index (χ0) is 16.4. The molecule has 0 saturated carbocycles. The van der Waals surface area contributed by atoms with Crippen LogP contribution >= 0.6 is 34.4 Å². The second kappa shape index (κ2) is 6.89. The van der Waals surface area contributed by atoms with Crippen molar-refractivity contribution in [2.75, 3.05) is 11.6 Å². The summed E-state index contributed by atoms with van der Waals surface area (Å²) in [7, 11) is -3.61. The Balaban J connectivity index is 1.70. The Morgan fingerprint density at radius 2 is 2.30 bits per heavy atom. The molecule has 3 rings (SSSR count). The van der Waals surface area contributed by atoms with Crippen LogP contribution in [-0.2, 0) is 21.4 Å². The molecule has 124 valence electrons. The SMILES string of the molecule is Cc1nc(CNC(=O)[C@H]2CSCN2S(=O)(=O)c2cccs2)cs1. The maximum Gasteiger partial charge on any atom is 0.254 e. The van der Waals surface area contributed by atoms with Crippen LogP contribution in [0.15, 0.2) is 27.1 Å². The summed E-state index contributed by atoms with van der Waals surface area (Å²) in [5.41, 5.74) is 0.791. The minimum Gasteiger partial charge on any atom is -0.349 e. The van der Waals surface area contributed by atoms with E-state index in [9.17, 15) is 13.2 Å². The first-order chi connectivity index (χ1) is 11.0. The van der Waals surface area contributed by atoms with Gasteiger partial charge in [-0.1, -0.05) is 6.07 Å². The van der Waals surface area contributed by atoms with Crippen LogP contribution in [0.25, 0.3) is 0 Å². The summed E-state index contributed by atoms with van der Waals surface area (Å²) in [5, 5.41) is 7.33. The third-order valence-electron chi connectivity index (χ3n) is 3.31. The van der Waals surface area contributed by atoms with E-state index in [1.807, 2.05) is 12.3 Å². The summed E-state index contributed by atoms with van der Waals surface area (Å²) in [6.45, 7) is 2.22. The molecular formula is C13H15N3O3S4. The van der Waals surface area contributed by atoms with Crippen molar-refractivity contribution in [3.8, 4) is 0 Å². The first-order valence-corrected chi connectivity index (χ1v) is 11.2. The average Bonchev–Trinajstić information content (AvgIpc) is 3.25. The summed E-state index contributed by atoms with van der Waals surface area (Å²) in [4.78, 5) is 16.7. The Labute approximate surface area is 147 Å². The molecule has 0 radical (unpaired) electrons. The molecule has 0 aromatic carbocycles. The van der Waals surface area contributed by atoms with E-state index in [1.165, 1.54) is 27.4 Å². The number of carbonyl (C=O) groups is 1.